The quantitative estimate of drug-likeness (QED) is 0.774. The van der Waals surface area contributed by atoms with E-state index in [-0.39, 0.29) is 6.04 Å². The second kappa shape index (κ2) is 5.24. The number of aliphatic carboxylic acids is 1. The highest BCUT2D eigenvalue weighted by molar-refractivity contribution is 5.80. The first-order valence-electron chi connectivity index (χ1n) is 5.12. The maximum atomic E-state index is 11.8. The van der Waals surface area contributed by atoms with Crippen molar-refractivity contribution >= 4 is 12.0 Å². The molecule has 1 fully saturated rings. The number of nitrogens with zero attached hydrogens (tertiary/aromatic N) is 1. The second-order valence-electron chi connectivity index (χ2n) is 3.85. The van der Waals surface area contributed by atoms with Crippen LogP contribution in [0.3, 0.4) is 0 Å². The summed E-state index contributed by atoms with van der Waals surface area (Å²) in [5.74, 6) is -1.18. The third-order valence-electron chi connectivity index (χ3n) is 2.24. The van der Waals surface area contributed by atoms with Crippen molar-refractivity contribution in [3.63, 3.8) is 0 Å². The first-order chi connectivity index (χ1) is 7.79. The highest BCUT2D eigenvalue weighted by Gasteiger charge is 2.34. The molecule has 2 amide bonds. The summed E-state index contributed by atoms with van der Waals surface area (Å²) in [6, 6.07) is -0.906. The van der Waals surface area contributed by atoms with Gasteiger partial charge in [-0.3, -0.25) is 4.79 Å². The minimum atomic E-state index is -4.33. The number of carbonyl (C=O) groups is 2. The number of carboxylic acid groups (broad SMARTS) is 1. The first kappa shape index (κ1) is 13.6. The molecule has 0 bridgehead atoms. The van der Waals surface area contributed by atoms with Crippen molar-refractivity contribution in [3.05, 3.63) is 0 Å². The average Bonchev–Trinajstić information content (AvgIpc) is 2.94. The highest BCUT2D eigenvalue weighted by atomic mass is 19.4. The average molecular weight is 254 g/mol. The lowest BCUT2D eigenvalue weighted by molar-refractivity contribution is -0.138. The molecule has 0 heterocycles. The van der Waals surface area contributed by atoms with E-state index in [2.05, 4.69) is 5.32 Å². The van der Waals surface area contributed by atoms with E-state index in [0.29, 0.717) is 12.8 Å². The zero-order valence-electron chi connectivity index (χ0n) is 8.96. The van der Waals surface area contributed by atoms with Crippen molar-refractivity contribution in [2.75, 3.05) is 13.1 Å². The minimum Gasteiger partial charge on any atom is -0.480 e. The predicted molar refractivity (Wildman–Crippen MR) is 51.4 cm³/mol. The van der Waals surface area contributed by atoms with Gasteiger partial charge in [0.15, 0.2) is 0 Å². The molecule has 0 aliphatic heterocycles. The van der Waals surface area contributed by atoms with E-state index >= 15 is 0 Å². The first-order valence-corrected chi connectivity index (χ1v) is 5.12. The third-order valence-corrected chi connectivity index (χ3v) is 2.24. The number of urea groups is 1. The number of alkyl halides is 3. The Bertz CT molecular complexity index is 302. The van der Waals surface area contributed by atoms with Crippen molar-refractivity contribution in [2.45, 2.75) is 31.5 Å². The van der Waals surface area contributed by atoms with Crippen LogP contribution >= 0.6 is 0 Å². The van der Waals surface area contributed by atoms with Crippen LogP contribution < -0.4 is 5.32 Å². The van der Waals surface area contributed by atoms with Gasteiger partial charge in [0.2, 0.25) is 0 Å². The summed E-state index contributed by atoms with van der Waals surface area (Å²) in [6.45, 7) is -1.02. The molecule has 2 N–H and O–H groups in total. The molecule has 0 spiro atoms. The van der Waals surface area contributed by atoms with Gasteiger partial charge in [-0.15, -0.1) is 0 Å². The van der Waals surface area contributed by atoms with Crippen molar-refractivity contribution < 1.29 is 27.9 Å². The zero-order chi connectivity index (χ0) is 13.1. The van der Waals surface area contributed by atoms with Crippen molar-refractivity contribution in [2.24, 2.45) is 0 Å². The third kappa shape index (κ3) is 5.41. The van der Waals surface area contributed by atoms with Gasteiger partial charge < -0.3 is 15.3 Å². The van der Waals surface area contributed by atoms with Gasteiger partial charge in [0.1, 0.15) is 6.54 Å². The molecule has 1 rings (SSSR count). The Kier molecular flexibility index (Phi) is 4.19. The van der Waals surface area contributed by atoms with E-state index in [1.54, 1.807) is 0 Å². The Morgan fingerprint density at radius 1 is 1.35 bits per heavy atom. The number of nitrogens with one attached hydrogen (secondary N) is 1. The van der Waals surface area contributed by atoms with Crippen LogP contribution in [-0.4, -0.2) is 47.3 Å². The van der Waals surface area contributed by atoms with Crippen LogP contribution in [-0.2, 0) is 4.79 Å². The van der Waals surface area contributed by atoms with Crippen LogP contribution in [0.2, 0.25) is 0 Å². The molecular weight excluding hydrogens is 241 g/mol. The highest BCUT2D eigenvalue weighted by Crippen LogP contribution is 2.26. The normalized spacial score (nSPS) is 15.5. The van der Waals surface area contributed by atoms with E-state index in [4.69, 9.17) is 5.11 Å². The van der Waals surface area contributed by atoms with Gasteiger partial charge in [-0.05, 0) is 12.8 Å². The molecule has 0 saturated heterocycles. The van der Waals surface area contributed by atoms with E-state index in [1.807, 2.05) is 0 Å². The zero-order valence-corrected chi connectivity index (χ0v) is 8.96. The lowest BCUT2D eigenvalue weighted by atomic mass is 10.4. The lowest BCUT2D eigenvalue weighted by Gasteiger charge is -2.20. The number of rotatable bonds is 5. The topological polar surface area (TPSA) is 69.6 Å². The monoisotopic (exact) mass is 254 g/mol. The molecule has 17 heavy (non-hydrogen) atoms. The number of amides is 2. The molecule has 1 aliphatic carbocycles. The molecule has 0 unspecified atom stereocenters. The second-order valence-corrected chi connectivity index (χ2v) is 3.85. The van der Waals surface area contributed by atoms with E-state index < -0.39 is 37.7 Å². The molecule has 0 atom stereocenters. The molecule has 0 radical (unpaired) electrons. The summed E-state index contributed by atoms with van der Waals surface area (Å²) in [5.41, 5.74) is 0. The Balaban J connectivity index is 2.35. The number of halogens is 3. The van der Waals surface area contributed by atoms with Crippen molar-refractivity contribution in [1.82, 2.24) is 10.2 Å². The van der Waals surface area contributed by atoms with E-state index in [9.17, 15) is 22.8 Å². The number of hydrogen-bond acceptors (Lipinski definition) is 2. The summed E-state index contributed by atoms with van der Waals surface area (Å²) in [6.07, 6.45) is -4.06. The summed E-state index contributed by atoms with van der Waals surface area (Å²) in [5, 5.41) is 10.6. The van der Waals surface area contributed by atoms with Gasteiger partial charge in [-0.25, -0.2) is 4.79 Å². The van der Waals surface area contributed by atoms with E-state index in [0.717, 1.165) is 4.90 Å². The molecule has 1 saturated carbocycles. The number of carboxylic acids is 1. The SMILES string of the molecule is O=C(O)CN(C(=O)NCCC(F)(F)F)C1CC1. The van der Waals surface area contributed by atoms with Gasteiger partial charge in [0, 0.05) is 12.6 Å². The maximum absolute atomic E-state index is 11.8. The Labute approximate surface area is 95.6 Å². The largest absolute Gasteiger partial charge is 0.480 e. The fourth-order valence-electron chi connectivity index (χ4n) is 1.31. The van der Waals surface area contributed by atoms with Crippen LogP contribution in [0.25, 0.3) is 0 Å². The summed E-state index contributed by atoms with van der Waals surface area (Å²) in [7, 11) is 0. The van der Waals surface area contributed by atoms with Crippen LogP contribution in [0.5, 0.6) is 0 Å². The van der Waals surface area contributed by atoms with Gasteiger partial charge in [-0.2, -0.15) is 13.2 Å². The number of carbonyl (C=O) groups excluding carboxylic acids is 1. The molecule has 0 aromatic carbocycles. The van der Waals surface area contributed by atoms with Crippen LogP contribution in [0.1, 0.15) is 19.3 Å². The van der Waals surface area contributed by atoms with Gasteiger partial charge >= 0.3 is 18.2 Å². The van der Waals surface area contributed by atoms with Crippen LogP contribution in [0, 0.1) is 0 Å². The van der Waals surface area contributed by atoms with E-state index in [1.165, 1.54) is 0 Å². The molecular formula is C9H13F3N2O3. The van der Waals surface area contributed by atoms with Crippen molar-refractivity contribution in [1.29, 1.82) is 0 Å². The molecule has 98 valence electrons. The fraction of sp³-hybridized carbons (Fsp3) is 0.778. The van der Waals surface area contributed by atoms with Gasteiger partial charge in [0.05, 0.1) is 6.42 Å². The number of hydrogen-bond donors (Lipinski definition) is 2. The summed E-state index contributed by atoms with van der Waals surface area (Å²) >= 11 is 0. The van der Waals surface area contributed by atoms with Gasteiger partial charge in [-0.1, -0.05) is 0 Å². The molecule has 8 heteroatoms. The maximum Gasteiger partial charge on any atom is 0.390 e. The standard InChI is InChI=1S/C9H13F3N2O3/c10-9(11,12)3-4-13-8(17)14(5-7(15)16)6-1-2-6/h6H,1-5H2,(H,13,17)(H,15,16). The Morgan fingerprint density at radius 3 is 2.35 bits per heavy atom. The lowest BCUT2D eigenvalue weighted by Crippen LogP contribution is -2.44. The smallest absolute Gasteiger partial charge is 0.390 e. The molecule has 5 nitrogen and oxygen atoms in total. The summed E-state index contributed by atoms with van der Waals surface area (Å²) < 4.78 is 35.5. The Hall–Kier alpha value is -1.47. The van der Waals surface area contributed by atoms with Crippen molar-refractivity contribution in [3.8, 4) is 0 Å². The minimum absolute atomic E-state index is 0.156. The Morgan fingerprint density at radius 2 is 1.94 bits per heavy atom. The van der Waals surface area contributed by atoms with Crippen LogP contribution in [0.15, 0.2) is 0 Å². The molecule has 0 aromatic heterocycles. The molecule has 1 aliphatic rings. The van der Waals surface area contributed by atoms with Gasteiger partial charge in [0.25, 0.3) is 0 Å². The molecule has 0 aromatic rings. The predicted octanol–water partition coefficient (Wildman–Crippen LogP) is 1.20. The summed E-state index contributed by atoms with van der Waals surface area (Å²) in [4.78, 5) is 23.0. The fourth-order valence-corrected chi connectivity index (χ4v) is 1.31. The van der Waals surface area contributed by atoms with Crippen LogP contribution in [0.4, 0.5) is 18.0 Å².